The van der Waals surface area contributed by atoms with Crippen molar-refractivity contribution in [3.63, 3.8) is 0 Å². The molecule has 0 saturated carbocycles. The molecule has 0 spiro atoms. The second-order valence-electron chi connectivity index (χ2n) is 12.5. The number of ether oxygens (including phenoxy) is 1. The molecular formula is C34H48FN6O7P. The van der Waals surface area contributed by atoms with Crippen LogP contribution >= 0.6 is 7.75 Å². The van der Waals surface area contributed by atoms with Gasteiger partial charge in [0.25, 0.3) is 0 Å². The van der Waals surface area contributed by atoms with Gasteiger partial charge in [-0.15, -0.1) is 6.42 Å². The number of nitrogens with zero attached hydrogens (tertiary/aromatic N) is 5. The van der Waals surface area contributed by atoms with Crippen molar-refractivity contribution in [1.82, 2.24) is 24.2 Å². The highest BCUT2D eigenvalue weighted by molar-refractivity contribution is 7.51. The summed E-state index contributed by atoms with van der Waals surface area (Å²) in [6.07, 6.45) is 12.5. The van der Waals surface area contributed by atoms with Crippen molar-refractivity contribution in [1.29, 1.82) is 0 Å². The summed E-state index contributed by atoms with van der Waals surface area (Å²) in [5, 5.41) is 21.6. The van der Waals surface area contributed by atoms with Crippen LogP contribution in [0.15, 0.2) is 36.7 Å². The molecule has 1 fully saturated rings. The molecule has 4 N–H and O–H groups in total. The number of terminal acetylenes is 1. The van der Waals surface area contributed by atoms with Crippen molar-refractivity contribution >= 4 is 30.7 Å². The second-order valence-corrected chi connectivity index (χ2v) is 14.3. The molecule has 4 rings (SSSR count). The third-order valence-electron chi connectivity index (χ3n) is 8.88. The molecule has 1 saturated heterocycles. The second kappa shape index (κ2) is 17.4. The molecule has 0 amide bonds. The third kappa shape index (κ3) is 9.15. The van der Waals surface area contributed by atoms with E-state index >= 15 is 4.57 Å². The van der Waals surface area contributed by atoms with E-state index in [0.29, 0.717) is 12.8 Å². The molecule has 0 radical (unpaired) electrons. The van der Waals surface area contributed by atoms with Gasteiger partial charge in [-0.1, -0.05) is 89.3 Å². The Kier molecular flexibility index (Phi) is 13.5. The van der Waals surface area contributed by atoms with Crippen LogP contribution in [0.25, 0.3) is 11.2 Å². The lowest BCUT2D eigenvalue weighted by molar-refractivity contribution is -0.142. The predicted molar refractivity (Wildman–Crippen MR) is 183 cm³/mol. The molecule has 15 heteroatoms. The first-order valence-corrected chi connectivity index (χ1v) is 18.5. The number of aliphatic hydroxyl groups is 1. The molecular weight excluding hydrogens is 654 g/mol. The van der Waals surface area contributed by atoms with E-state index in [1.165, 1.54) is 22.5 Å². The van der Waals surface area contributed by atoms with Crippen LogP contribution in [0.5, 0.6) is 5.75 Å². The normalized spacial score (nSPS) is 21.2. The first-order valence-electron chi connectivity index (χ1n) is 17.0. The summed E-state index contributed by atoms with van der Waals surface area (Å²) in [6, 6.07) is 6.63. The van der Waals surface area contributed by atoms with Crippen molar-refractivity contribution < 1.29 is 37.7 Å². The minimum Gasteiger partial charge on any atom is -0.480 e. The van der Waals surface area contributed by atoms with Gasteiger partial charge in [0.15, 0.2) is 22.6 Å². The van der Waals surface area contributed by atoms with Gasteiger partial charge in [0.2, 0.25) is 0 Å². The summed E-state index contributed by atoms with van der Waals surface area (Å²) in [6.45, 7) is 5.06. The van der Waals surface area contributed by atoms with Gasteiger partial charge in [-0.3, -0.25) is 13.9 Å². The number of para-hydroxylation sites is 1. The van der Waals surface area contributed by atoms with E-state index in [9.17, 15) is 19.4 Å². The first kappa shape index (κ1) is 38.2. The minimum atomic E-state index is -4.54. The Labute approximate surface area is 287 Å². The minimum absolute atomic E-state index is 0.0319. The molecule has 1 aliphatic rings. The Balaban J connectivity index is 1.70. The lowest BCUT2D eigenvalue weighted by Crippen LogP contribution is -2.47. The summed E-state index contributed by atoms with van der Waals surface area (Å²) >= 11 is 0. The average molecular weight is 703 g/mol. The number of carboxylic acid groups (broad SMARTS) is 1. The van der Waals surface area contributed by atoms with Gasteiger partial charge in [0, 0.05) is 12.5 Å². The molecule has 2 unspecified atom stereocenters. The molecule has 2 aromatic heterocycles. The standard InChI is InChI=1S/C34H48FN6O7P/c1-5-8-10-13-17-25(18-14-11-9-6-2)41(24(4)32(43)44)49(45,48-26-19-15-12-16-20-26)46-22-34(7-3)27(42)21-28(47-34)40-23-37-29-30(36)38-33(35)39-31(29)40/h3,12,15-16,19-20,23-25,27-28,42H,5-6,8-11,13-14,17-18,21-22H2,1-2,4H3,(H,43,44)(H2,36,38,39)/t24?,27-,28+,34+,49?/m0/s1. The van der Waals surface area contributed by atoms with Crippen molar-refractivity contribution in [3.8, 4) is 18.1 Å². The monoisotopic (exact) mass is 702 g/mol. The fourth-order valence-corrected chi connectivity index (χ4v) is 8.32. The fourth-order valence-electron chi connectivity index (χ4n) is 6.14. The molecule has 13 nitrogen and oxygen atoms in total. The lowest BCUT2D eigenvalue weighted by Gasteiger charge is -2.39. The smallest absolute Gasteiger partial charge is 0.462 e. The number of rotatable bonds is 20. The number of hydrogen-bond acceptors (Lipinski definition) is 10. The number of carboxylic acids is 1. The number of aliphatic hydroxyl groups excluding tert-OH is 1. The predicted octanol–water partition coefficient (Wildman–Crippen LogP) is 6.49. The number of benzene rings is 1. The fraction of sp³-hybridized carbons (Fsp3) is 0.588. The Morgan fingerprint density at radius 3 is 2.43 bits per heavy atom. The molecule has 0 bridgehead atoms. The maximum absolute atomic E-state index is 15.3. The van der Waals surface area contributed by atoms with Crippen molar-refractivity contribution in [3.05, 3.63) is 42.7 Å². The van der Waals surface area contributed by atoms with Crippen LogP contribution in [-0.2, 0) is 18.6 Å². The molecule has 0 aliphatic carbocycles. The topological polar surface area (TPSA) is 175 Å². The Hall–Kier alpha value is -3.60. The van der Waals surface area contributed by atoms with E-state index in [4.69, 9.17) is 25.9 Å². The Morgan fingerprint density at radius 1 is 1.18 bits per heavy atom. The number of fused-ring (bicyclic) bond motifs is 1. The first-order chi connectivity index (χ1) is 23.5. The van der Waals surface area contributed by atoms with Gasteiger partial charge in [-0.05, 0) is 31.9 Å². The molecule has 1 aliphatic heterocycles. The number of hydrogen-bond donors (Lipinski definition) is 3. The number of nitrogen functional groups attached to an aromatic ring is 1. The van der Waals surface area contributed by atoms with Crippen molar-refractivity contribution in [2.75, 3.05) is 12.3 Å². The van der Waals surface area contributed by atoms with Crippen molar-refractivity contribution in [2.24, 2.45) is 0 Å². The Bertz CT molecular complexity index is 1610. The van der Waals surface area contributed by atoms with E-state index < -0.39 is 56.4 Å². The highest BCUT2D eigenvalue weighted by Crippen LogP contribution is 2.56. The highest BCUT2D eigenvalue weighted by atomic mass is 31.2. The van der Waals surface area contributed by atoms with Gasteiger partial charge in [-0.2, -0.15) is 19.0 Å². The SMILES string of the molecule is C#C[C@]1(COP(=O)(Oc2ccccc2)N(C(CCCCCC)CCCCCC)C(C)C(=O)O)O[C@@H](n2cnc3c(N)nc(F)nc32)C[C@@H]1O. The molecule has 49 heavy (non-hydrogen) atoms. The number of carbonyl (C=O) groups is 1. The number of unbranched alkanes of at least 4 members (excludes halogenated alkanes) is 6. The highest BCUT2D eigenvalue weighted by Gasteiger charge is 2.52. The zero-order chi connectivity index (χ0) is 35.6. The number of anilines is 1. The molecule has 268 valence electrons. The van der Waals surface area contributed by atoms with Gasteiger partial charge in [-0.25, -0.2) is 9.55 Å². The summed E-state index contributed by atoms with van der Waals surface area (Å²) in [5.41, 5.74) is 4.13. The maximum Gasteiger partial charge on any atom is 0.462 e. The number of nitrogens with two attached hydrogens (primary N) is 1. The summed E-state index contributed by atoms with van der Waals surface area (Å²) in [4.78, 5) is 24.1. The van der Waals surface area contributed by atoms with Gasteiger partial charge >= 0.3 is 19.8 Å². The molecule has 3 aromatic rings. The zero-order valence-electron chi connectivity index (χ0n) is 28.4. The van der Waals surface area contributed by atoms with E-state index in [2.05, 4.69) is 34.7 Å². The van der Waals surface area contributed by atoms with Crippen LogP contribution in [0.3, 0.4) is 0 Å². The lowest BCUT2D eigenvalue weighted by atomic mass is 9.99. The quantitative estimate of drug-likeness (QED) is 0.0506. The number of aromatic nitrogens is 4. The van der Waals surface area contributed by atoms with Crippen LogP contribution in [-0.4, -0.2) is 70.8 Å². The van der Waals surface area contributed by atoms with Crippen LogP contribution in [0.1, 0.15) is 97.6 Å². The van der Waals surface area contributed by atoms with Crippen LogP contribution < -0.4 is 10.3 Å². The van der Waals surface area contributed by atoms with Crippen LogP contribution in [0, 0.1) is 18.4 Å². The molecule has 5 atom stereocenters. The van der Waals surface area contributed by atoms with Gasteiger partial charge in [0.05, 0.1) is 6.33 Å². The number of aliphatic carboxylic acids is 1. The third-order valence-corrected chi connectivity index (χ3v) is 11.0. The summed E-state index contributed by atoms with van der Waals surface area (Å²) < 4.78 is 50.6. The van der Waals surface area contributed by atoms with Crippen molar-refractivity contribution in [2.45, 2.75) is 121 Å². The van der Waals surface area contributed by atoms with Crippen LogP contribution in [0.2, 0.25) is 0 Å². The maximum atomic E-state index is 15.3. The van der Waals surface area contributed by atoms with E-state index in [1.54, 1.807) is 30.3 Å². The van der Waals surface area contributed by atoms with Gasteiger partial charge in [0.1, 0.15) is 30.7 Å². The summed E-state index contributed by atoms with van der Waals surface area (Å²) in [7, 11) is -4.54. The average Bonchev–Trinajstić information content (AvgIpc) is 3.65. The molecule has 3 heterocycles. The number of imidazole rings is 1. The number of halogens is 1. The summed E-state index contributed by atoms with van der Waals surface area (Å²) in [5.74, 6) is 1.31. The van der Waals surface area contributed by atoms with Crippen LogP contribution in [0.4, 0.5) is 10.2 Å². The Morgan fingerprint density at radius 2 is 1.84 bits per heavy atom. The zero-order valence-corrected chi connectivity index (χ0v) is 29.3. The van der Waals surface area contributed by atoms with E-state index in [-0.39, 0.29) is 29.2 Å². The molecule has 1 aromatic carbocycles. The largest absolute Gasteiger partial charge is 0.480 e. The van der Waals surface area contributed by atoms with E-state index in [0.717, 1.165) is 51.4 Å². The van der Waals surface area contributed by atoms with E-state index in [1.807, 2.05) is 0 Å². The van der Waals surface area contributed by atoms with Gasteiger partial charge < -0.3 is 25.2 Å².